The van der Waals surface area contributed by atoms with Gasteiger partial charge in [0.2, 0.25) is 0 Å². The number of benzene rings is 1. The third-order valence-corrected chi connectivity index (χ3v) is 3.40. The van der Waals surface area contributed by atoms with E-state index in [0.29, 0.717) is 16.6 Å². The minimum Gasteiger partial charge on any atom is -0.481 e. The van der Waals surface area contributed by atoms with Crippen LogP contribution in [0.25, 0.3) is 0 Å². The Bertz CT molecular complexity index is 508. The minimum absolute atomic E-state index is 0.0631. The van der Waals surface area contributed by atoms with Crippen LogP contribution in [-0.4, -0.2) is 21.9 Å². The number of aliphatic carboxylic acids is 1. The van der Waals surface area contributed by atoms with Crippen LogP contribution in [-0.2, 0) is 4.79 Å². The zero-order chi connectivity index (χ0) is 14.0. The number of hydrogen-bond donors (Lipinski definition) is 3. The molecule has 1 aliphatic heterocycles. The number of hydrogen-bond acceptors (Lipinski definition) is 3. The molecule has 1 aromatic rings. The molecule has 5 nitrogen and oxygen atoms in total. The van der Waals surface area contributed by atoms with Crippen molar-refractivity contribution >= 4 is 40.6 Å². The van der Waals surface area contributed by atoms with Gasteiger partial charge in [0.15, 0.2) is 5.11 Å². The largest absolute Gasteiger partial charge is 0.481 e. The van der Waals surface area contributed by atoms with Crippen molar-refractivity contribution in [2.75, 3.05) is 5.01 Å². The van der Waals surface area contributed by atoms with Gasteiger partial charge < -0.3 is 10.4 Å². The highest BCUT2D eigenvalue weighted by atomic mass is 35.5. The van der Waals surface area contributed by atoms with Crippen LogP contribution in [0, 0.1) is 0 Å². The van der Waals surface area contributed by atoms with Gasteiger partial charge in [0, 0.05) is 11.4 Å². The minimum atomic E-state index is -0.833. The first-order chi connectivity index (χ1) is 8.89. The predicted octanol–water partition coefficient (Wildman–Crippen LogP) is 2.12. The topological polar surface area (TPSA) is 64.6 Å². The summed E-state index contributed by atoms with van der Waals surface area (Å²) in [5, 5.41) is 14.7. The predicted molar refractivity (Wildman–Crippen MR) is 78.1 cm³/mol. The van der Waals surface area contributed by atoms with E-state index in [-0.39, 0.29) is 6.42 Å². The summed E-state index contributed by atoms with van der Waals surface area (Å²) in [4.78, 5) is 10.7. The second-order valence-corrected chi connectivity index (χ2v) is 5.40. The van der Waals surface area contributed by atoms with Crippen molar-refractivity contribution in [1.29, 1.82) is 0 Å². The summed E-state index contributed by atoms with van der Waals surface area (Å²) in [6, 6.07) is 7.22. The van der Waals surface area contributed by atoms with Gasteiger partial charge >= 0.3 is 5.97 Å². The van der Waals surface area contributed by atoms with Gasteiger partial charge in [-0.2, -0.15) is 0 Å². The summed E-state index contributed by atoms with van der Waals surface area (Å²) in [6.45, 7) is 1.87. The van der Waals surface area contributed by atoms with Gasteiger partial charge in [-0.25, -0.2) is 5.43 Å². The molecule has 1 heterocycles. The fourth-order valence-electron chi connectivity index (χ4n) is 1.86. The molecule has 2 rings (SSSR count). The van der Waals surface area contributed by atoms with Gasteiger partial charge in [0.1, 0.15) is 5.66 Å². The van der Waals surface area contributed by atoms with E-state index in [1.807, 2.05) is 19.1 Å². The van der Waals surface area contributed by atoms with Crippen molar-refractivity contribution in [3.8, 4) is 0 Å². The van der Waals surface area contributed by atoms with Crippen LogP contribution in [0.1, 0.15) is 19.8 Å². The Morgan fingerprint density at radius 1 is 1.47 bits per heavy atom. The maximum Gasteiger partial charge on any atom is 0.303 e. The Hall–Kier alpha value is -1.37. The highest BCUT2D eigenvalue weighted by Gasteiger charge is 2.36. The summed E-state index contributed by atoms with van der Waals surface area (Å²) in [6.07, 6.45) is 0.486. The van der Waals surface area contributed by atoms with Crippen molar-refractivity contribution in [1.82, 2.24) is 10.7 Å². The maximum atomic E-state index is 10.7. The lowest BCUT2D eigenvalue weighted by Gasteiger charge is -2.24. The van der Waals surface area contributed by atoms with E-state index >= 15 is 0 Å². The molecule has 0 saturated carbocycles. The standard InChI is InChI=1S/C12H14ClN3O2S/c1-12(7-6-10(17)18)14-11(19)16(15-12)9-4-2-8(13)3-5-9/h2-5,15H,6-7H2,1H3,(H,14,19)(H,17,18)/t12-/m1/s1. The molecule has 1 aromatic carbocycles. The van der Waals surface area contributed by atoms with Gasteiger partial charge in [-0.05, 0) is 49.8 Å². The summed E-state index contributed by atoms with van der Waals surface area (Å²) >= 11 is 11.1. The molecule has 0 unspecified atom stereocenters. The monoisotopic (exact) mass is 299 g/mol. The van der Waals surface area contributed by atoms with Gasteiger partial charge in [-0.3, -0.25) is 9.80 Å². The number of carboxylic acids is 1. The number of halogens is 1. The lowest BCUT2D eigenvalue weighted by molar-refractivity contribution is -0.137. The number of anilines is 1. The molecule has 19 heavy (non-hydrogen) atoms. The van der Waals surface area contributed by atoms with E-state index in [1.54, 1.807) is 17.1 Å². The van der Waals surface area contributed by atoms with E-state index in [9.17, 15) is 4.79 Å². The lowest BCUT2D eigenvalue weighted by atomic mass is 10.1. The molecule has 0 spiro atoms. The number of nitrogens with one attached hydrogen (secondary N) is 2. The molecule has 1 atom stereocenters. The van der Waals surface area contributed by atoms with E-state index < -0.39 is 11.6 Å². The molecule has 0 amide bonds. The van der Waals surface area contributed by atoms with Crippen LogP contribution < -0.4 is 15.8 Å². The smallest absolute Gasteiger partial charge is 0.303 e. The SMILES string of the molecule is C[C@@]1(CCC(=O)O)NC(=S)N(c2ccc(Cl)cc2)N1. The Labute approximate surface area is 121 Å². The molecule has 0 aromatic heterocycles. The lowest BCUT2D eigenvalue weighted by Crippen LogP contribution is -2.48. The average Bonchev–Trinajstić information content (AvgIpc) is 2.64. The number of carbonyl (C=O) groups is 1. The number of nitrogens with zero attached hydrogens (tertiary/aromatic N) is 1. The molecule has 0 bridgehead atoms. The summed E-state index contributed by atoms with van der Waals surface area (Å²) in [5.41, 5.74) is 3.47. The van der Waals surface area contributed by atoms with E-state index in [4.69, 9.17) is 28.9 Å². The normalized spacial score (nSPS) is 22.4. The van der Waals surface area contributed by atoms with Crippen molar-refractivity contribution < 1.29 is 9.90 Å². The maximum absolute atomic E-state index is 10.7. The van der Waals surface area contributed by atoms with Crippen LogP contribution in [0.3, 0.4) is 0 Å². The van der Waals surface area contributed by atoms with Gasteiger partial charge in [-0.1, -0.05) is 11.6 Å². The van der Waals surface area contributed by atoms with Crippen molar-refractivity contribution in [2.24, 2.45) is 0 Å². The highest BCUT2D eigenvalue weighted by Crippen LogP contribution is 2.23. The van der Waals surface area contributed by atoms with Crippen LogP contribution in [0.5, 0.6) is 0 Å². The quantitative estimate of drug-likeness (QED) is 0.740. The molecule has 7 heteroatoms. The fourth-order valence-corrected chi connectivity index (χ4v) is 2.37. The Balaban J connectivity index is 2.10. The molecule has 1 saturated heterocycles. The number of hydrazine groups is 1. The van der Waals surface area contributed by atoms with Crippen LogP contribution in [0.4, 0.5) is 5.69 Å². The molecular weight excluding hydrogens is 286 g/mol. The summed E-state index contributed by atoms with van der Waals surface area (Å²) < 4.78 is 0. The van der Waals surface area contributed by atoms with Crippen LogP contribution >= 0.6 is 23.8 Å². The molecule has 0 radical (unpaired) electrons. The molecule has 1 aliphatic rings. The molecule has 3 N–H and O–H groups in total. The number of carboxylic acid groups (broad SMARTS) is 1. The zero-order valence-electron chi connectivity index (χ0n) is 10.3. The third-order valence-electron chi connectivity index (χ3n) is 2.87. The molecular formula is C12H14ClN3O2S. The van der Waals surface area contributed by atoms with Gasteiger partial charge in [0.25, 0.3) is 0 Å². The fraction of sp³-hybridized carbons (Fsp3) is 0.333. The Morgan fingerprint density at radius 2 is 2.11 bits per heavy atom. The summed E-state index contributed by atoms with van der Waals surface area (Å²) in [7, 11) is 0. The highest BCUT2D eigenvalue weighted by molar-refractivity contribution is 7.80. The Morgan fingerprint density at radius 3 is 2.68 bits per heavy atom. The summed E-state index contributed by atoms with van der Waals surface area (Å²) in [5.74, 6) is -0.833. The van der Waals surface area contributed by atoms with E-state index in [1.165, 1.54) is 0 Å². The van der Waals surface area contributed by atoms with Crippen molar-refractivity contribution in [2.45, 2.75) is 25.4 Å². The average molecular weight is 300 g/mol. The first-order valence-electron chi connectivity index (χ1n) is 5.77. The molecule has 102 valence electrons. The van der Waals surface area contributed by atoms with Gasteiger partial charge in [-0.15, -0.1) is 0 Å². The molecule has 0 aliphatic carbocycles. The van der Waals surface area contributed by atoms with E-state index in [0.717, 1.165) is 5.69 Å². The van der Waals surface area contributed by atoms with Crippen molar-refractivity contribution in [3.05, 3.63) is 29.3 Å². The number of rotatable bonds is 4. The number of thiocarbonyl (C=S) groups is 1. The van der Waals surface area contributed by atoms with Crippen molar-refractivity contribution in [3.63, 3.8) is 0 Å². The first kappa shape index (κ1) is 14.0. The van der Waals surface area contributed by atoms with E-state index in [2.05, 4.69) is 10.7 Å². The third kappa shape index (κ3) is 3.34. The van der Waals surface area contributed by atoms with Gasteiger partial charge in [0.05, 0.1) is 5.69 Å². The Kier molecular flexibility index (Phi) is 3.93. The first-order valence-corrected chi connectivity index (χ1v) is 6.56. The molecule has 1 fully saturated rings. The second-order valence-electron chi connectivity index (χ2n) is 4.58. The van der Waals surface area contributed by atoms with Crippen LogP contribution in [0.2, 0.25) is 5.02 Å². The zero-order valence-corrected chi connectivity index (χ0v) is 11.9. The van der Waals surface area contributed by atoms with Crippen LogP contribution in [0.15, 0.2) is 24.3 Å². The second kappa shape index (κ2) is 5.32.